The third-order valence-electron chi connectivity index (χ3n) is 5.39. The number of hydrogen-bond donors (Lipinski definition) is 0. The quantitative estimate of drug-likeness (QED) is 0.352. The van der Waals surface area contributed by atoms with Crippen molar-refractivity contribution in [1.29, 1.82) is 0 Å². The predicted octanol–water partition coefficient (Wildman–Crippen LogP) is 4.42. The lowest BCUT2D eigenvalue weighted by atomic mass is 10.2. The molecule has 3 aromatic heterocycles. The summed E-state index contributed by atoms with van der Waals surface area (Å²) in [6.07, 6.45) is 2.90. The fourth-order valence-electron chi connectivity index (χ4n) is 3.50. The van der Waals surface area contributed by atoms with Crippen LogP contribution in [0.3, 0.4) is 0 Å². The summed E-state index contributed by atoms with van der Waals surface area (Å²) in [4.78, 5) is 38.8. The number of hydrogen-bond acceptors (Lipinski definition) is 7. The Morgan fingerprint density at radius 3 is 2.50 bits per heavy atom. The number of benzene rings is 2. The second kappa shape index (κ2) is 9.11. The molecule has 0 spiro atoms. The molecule has 0 saturated heterocycles. The SMILES string of the molecule is C[C@H](C(=O)OCc1ccccc1)n1cnc2ccc(-c3cnc(-c4ccccc4)o3)nc2c1=O. The van der Waals surface area contributed by atoms with Crippen molar-refractivity contribution in [2.45, 2.75) is 19.6 Å². The summed E-state index contributed by atoms with van der Waals surface area (Å²) in [6.45, 7) is 1.71. The lowest BCUT2D eigenvalue weighted by molar-refractivity contribution is -0.148. The van der Waals surface area contributed by atoms with Crippen LogP contribution in [0.15, 0.2) is 94.5 Å². The number of carbonyl (C=O) groups excluding carboxylic acids is 1. The fraction of sp³-hybridized carbons (Fsp3) is 0.115. The van der Waals surface area contributed by atoms with Gasteiger partial charge in [0, 0.05) is 5.56 Å². The molecule has 0 aliphatic heterocycles. The van der Waals surface area contributed by atoms with E-state index < -0.39 is 17.6 Å². The summed E-state index contributed by atoms with van der Waals surface area (Å²) >= 11 is 0. The van der Waals surface area contributed by atoms with Crippen LogP contribution in [0.5, 0.6) is 0 Å². The molecule has 0 fully saturated rings. The van der Waals surface area contributed by atoms with Gasteiger partial charge in [-0.25, -0.2) is 19.7 Å². The minimum Gasteiger partial charge on any atom is -0.459 e. The van der Waals surface area contributed by atoms with Gasteiger partial charge < -0.3 is 9.15 Å². The zero-order chi connectivity index (χ0) is 23.5. The molecule has 34 heavy (non-hydrogen) atoms. The number of esters is 1. The van der Waals surface area contributed by atoms with E-state index in [9.17, 15) is 9.59 Å². The van der Waals surface area contributed by atoms with E-state index in [-0.39, 0.29) is 12.1 Å². The number of pyridine rings is 1. The van der Waals surface area contributed by atoms with Crippen LogP contribution in [-0.4, -0.2) is 25.5 Å². The summed E-state index contributed by atoms with van der Waals surface area (Å²) in [5.74, 6) is 0.341. The smallest absolute Gasteiger partial charge is 0.329 e. The molecule has 0 saturated carbocycles. The Kier molecular flexibility index (Phi) is 5.70. The van der Waals surface area contributed by atoms with Gasteiger partial charge in [-0.15, -0.1) is 0 Å². The minimum atomic E-state index is -0.867. The Hall–Kier alpha value is -4.59. The van der Waals surface area contributed by atoms with E-state index in [1.165, 1.54) is 10.9 Å². The molecular formula is C26H20N4O4. The van der Waals surface area contributed by atoms with Gasteiger partial charge in [0.2, 0.25) is 5.89 Å². The molecule has 3 heterocycles. The summed E-state index contributed by atoms with van der Waals surface area (Å²) < 4.78 is 12.5. The summed E-state index contributed by atoms with van der Waals surface area (Å²) in [5, 5.41) is 0. The van der Waals surface area contributed by atoms with Crippen molar-refractivity contribution in [3.8, 4) is 22.9 Å². The lowest BCUT2D eigenvalue weighted by Gasteiger charge is -2.14. The van der Waals surface area contributed by atoms with E-state index in [4.69, 9.17) is 9.15 Å². The molecular weight excluding hydrogens is 432 g/mol. The van der Waals surface area contributed by atoms with Crippen LogP contribution in [0.4, 0.5) is 0 Å². The van der Waals surface area contributed by atoms with Crippen LogP contribution in [-0.2, 0) is 16.1 Å². The van der Waals surface area contributed by atoms with Crippen LogP contribution in [0, 0.1) is 0 Å². The number of carbonyl (C=O) groups is 1. The van der Waals surface area contributed by atoms with Crippen LogP contribution in [0.1, 0.15) is 18.5 Å². The van der Waals surface area contributed by atoms with Gasteiger partial charge in [0.1, 0.15) is 18.3 Å². The Balaban J connectivity index is 1.42. The molecule has 0 radical (unpaired) electrons. The molecule has 0 N–H and O–H groups in total. The molecule has 0 bridgehead atoms. The molecule has 0 aliphatic carbocycles. The van der Waals surface area contributed by atoms with E-state index in [1.54, 1.807) is 25.3 Å². The van der Waals surface area contributed by atoms with Gasteiger partial charge in [0.05, 0.1) is 18.0 Å². The maximum absolute atomic E-state index is 13.2. The number of aromatic nitrogens is 4. The van der Waals surface area contributed by atoms with Crippen LogP contribution in [0.25, 0.3) is 33.9 Å². The Labute approximate surface area is 194 Å². The molecule has 5 aromatic rings. The lowest BCUT2D eigenvalue weighted by Crippen LogP contribution is -2.30. The highest BCUT2D eigenvalue weighted by Gasteiger charge is 2.20. The van der Waals surface area contributed by atoms with Crippen molar-refractivity contribution < 1.29 is 13.9 Å². The summed E-state index contributed by atoms with van der Waals surface area (Å²) in [5.41, 5.74) is 2.23. The maximum atomic E-state index is 13.2. The van der Waals surface area contributed by atoms with Crippen LogP contribution >= 0.6 is 0 Å². The van der Waals surface area contributed by atoms with Gasteiger partial charge in [0.15, 0.2) is 11.3 Å². The second-order valence-corrected chi connectivity index (χ2v) is 7.69. The van der Waals surface area contributed by atoms with Crippen molar-refractivity contribution in [2.24, 2.45) is 0 Å². The zero-order valence-electron chi connectivity index (χ0n) is 18.3. The molecule has 2 aromatic carbocycles. The second-order valence-electron chi connectivity index (χ2n) is 7.69. The Morgan fingerprint density at radius 2 is 1.74 bits per heavy atom. The monoisotopic (exact) mass is 452 g/mol. The predicted molar refractivity (Wildman–Crippen MR) is 126 cm³/mol. The number of rotatable bonds is 6. The number of oxazole rings is 1. The van der Waals surface area contributed by atoms with Crippen LogP contribution < -0.4 is 5.56 Å². The molecule has 168 valence electrons. The van der Waals surface area contributed by atoms with Crippen LogP contribution in [0.2, 0.25) is 0 Å². The molecule has 0 aliphatic rings. The average Bonchev–Trinajstić information content (AvgIpc) is 3.39. The average molecular weight is 452 g/mol. The number of fused-ring (bicyclic) bond motifs is 1. The third-order valence-corrected chi connectivity index (χ3v) is 5.39. The van der Waals surface area contributed by atoms with E-state index in [0.717, 1.165) is 11.1 Å². The fourth-order valence-corrected chi connectivity index (χ4v) is 3.50. The summed E-state index contributed by atoms with van der Waals surface area (Å²) in [7, 11) is 0. The first-order chi connectivity index (χ1) is 16.6. The van der Waals surface area contributed by atoms with Crippen molar-refractivity contribution in [3.05, 3.63) is 101 Å². The highest BCUT2D eigenvalue weighted by Crippen LogP contribution is 2.25. The number of nitrogens with zero attached hydrogens (tertiary/aromatic N) is 4. The van der Waals surface area contributed by atoms with Gasteiger partial charge in [-0.2, -0.15) is 0 Å². The first kappa shape index (κ1) is 21.3. The molecule has 8 nitrogen and oxygen atoms in total. The van der Waals surface area contributed by atoms with Crippen molar-refractivity contribution in [1.82, 2.24) is 19.5 Å². The van der Waals surface area contributed by atoms with E-state index in [0.29, 0.717) is 22.9 Å². The summed E-state index contributed by atoms with van der Waals surface area (Å²) in [6, 6.07) is 21.4. The first-order valence-electron chi connectivity index (χ1n) is 10.7. The molecule has 0 amide bonds. The minimum absolute atomic E-state index is 0.122. The van der Waals surface area contributed by atoms with Gasteiger partial charge in [-0.05, 0) is 36.8 Å². The van der Waals surface area contributed by atoms with Crippen molar-refractivity contribution >= 4 is 17.0 Å². The molecule has 0 unspecified atom stereocenters. The topological polar surface area (TPSA) is 100 Å². The van der Waals surface area contributed by atoms with Gasteiger partial charge in [-0.1, -0.05) is 48.5 Å². The first-order valence-corrected chi connectivity index (χ1v) is 10.7. The van der Waals surface area contributed by atoms with Gasteiger partial charge >= 0.3 is 5.97 Å². The van der Waals surface area contributed by atoms with E-state index in [2.05, 4.69) is 15.0 Å². The molecule has 8 heteroatoms. The van der Waals surface area contributed by atoms with E-state index in [1.807, 2.05) is 60.7 Å². The highest BCUT2D eigenvalue weighted by molar-refractivity contribution is 5.78. The standard InChI is InChI=1S/C26H20N4O4/c1-17(26(32)33-15-18-8-4-2-5-9-18)30-16-28-21-13-12-20(29-23(21)25(30)31)22-14-27-24(34-22)19-10-6-3-7-11-19/h2-14,16-17H,15H2,1H3/t17-/m1/s1. The largest absolute Gasteiger partial charge is 0.459 e. The highest BCUT2D eigenvalue weighted by atomic mass is 16.5. The Bertz CT molecular complexity index is 1510. The van der Waals surface area contributed by atoms with Crippen molar-refractivity contribution in [2.75, 3.05) is 0 Å². The number of ether oxygens (including phenoxy) is 1. The van der Waals surface area contributed by atoms with Crippen molar-refractivity contribution in [3.63, 3.8) is 0 Å². The van der Waals surface area contributed by atoms with Gasteiger partial charge in [0.25, 0.3) is 5.56 Å². The maximum Gasteiger partial charge on any atom is 0.329 e. The molecule has 1 atom stereocenters. The van der Waals surface area contributed by atoms with E-state index >= 15 is 0 Å². The Morgan fingerprint density at radius 1 is 1.00 bits per heavy atom. The zero-order valence-corrected chi connectivity index (χ0v) is 18.3. The normalized spacial score (nSPS) is 11.9. The third kappa shape index (κ3) is 4.21. The van der Waals surface area contributed by atoms with Gasteiger partial charge in [-0.3, -0.25) is 9.36 Å². The molecule has 5 rings (SSSR count).